The second kappa shape index (κ2) is 4.71. The van der Waals surface area contributed by atoms with Crippen molar-refractivity contribution in [3.63, 3.8) is 0 Å². The van der Waals surface area contributed by atoms with Crippen molar-refractivity contribution in [3.05, 3.63) is 35.3 Å². The van der Waals surface area contributed by atoms with Crippen molar-refractivity contribution >= 4 is 17.3 Å². The van der Waals surface area contributed by atoms with Gasteiger partial charge in [0.1, 0.15) is 11.3 Å². The lowest BCUT2D eigenvalue weighted by molar-refractivity contribution is -0.136. The molecule has 2 rings (SSSR count). The Morgan fingerprint density at radius 1 is 1.50 bits per heavy atom. The first kappa shape index (κ1) is 10.6. The zero-order valence-electron chi connectivity index (χ0n) is 8.16. The minimum Gasteiger partial charge on any atom is -0.481 e. The average molecular weight is 236 g/mol. The van der Waals surface area contributed by atoms with Crippen LogP contribution in [0.2, 0.25) is 0 Å². The Morgan fingerprint density at radius 3 is 3.06 bits per heavy atom. The zero-order chi connectivity index (χ0) is 11.4. The van der Waals surface area contributed by atoms with E-state index in [4.69, 9.17) is 9.84 Å². The van der Waals surface area contributed by atoms with E-state index in [0.29, 0.717) is 16.5 Å². The van der Waals surface area contributed by atoms with Crippen molar-refractivity contribution in [2.24, 2.45) is 0 Å². The quantitative estimate of drug-likeness (QED) is 0.878. The lowest BCUT2D eigenvalue weighted by atomic mass is 10.1. The molecule has 0 unspecified atom stereocenters. The maximum atomic E-state index is 10.5. The van der Waals surface area contributed by atoms with E-state index in [1.165, 1.54) is 11.3 Å². The van der Waals surface area contributed by atoms with E-state index in [0.717, 1.165) is 0 Å². The van der Waals surface area contributed by atoms with E-state index >= 15 is 0 Å². The molecule has 1 aromatic carbocycles. The molecule has 5 nitrogen and oxygen atoms in total. The summed E-state index contributed by atoms with van der Waals surface area (Å²) in [5.74, 6) is -0.302. The van der Waals surface area contributed by atoms with Crippen LogP contribution in [0, 0.1) is 0 Å². The van der Waals surface area contributed by atoms with Gasteiger partial charge in [-0.15, -0.1) is 5.10 Å². The van der Waals surface area contributed by atoms with Gasteiger partial charge in [-0.3, -0.25) is 4.79 Å². The minimum atomic E-state index is -0.868. The highest BCUT2D eigenvalue weighted by atomic mass is 32.1. The Kier molecular flexibility index (Phi) is 3.11. The molecule has 0 aliphatic heterocycles. The highest BCUT2D eigenvalue weighted by Gasteiger charge is 2.04. The van der Waals surface area contributed by atoms with Crippen LogP contribution in [0.1, 0.15) is 5.56 Å². The van der Waals surface area contributed by atoms with E-state index in [-0.39, 0.29) is 6.42 Å². The minimum absolute atomic E-state index is 0.0205. The van der Waals surface area contributed by atoms with Crippen LogP contribution < -0.4 is 4.74 Å². The van der Waals surface area contributed by atoms with Crippen LogP contribution in [0.5, 0.6) is 10.9 Å². The maximum absolute atomic E-state index is 10.5. The fourth-order valence-corrected chi connectivity index (χ4v) is 1.62. The van der Waals surface area contributed by atoms with Gasteiger partial charge in [0.25, 0.3) is 5.19 Å². The SMILES string of the molecule is O=C(O)Cc1cccc(Oc2nncs2)c1. The summed E-state index contributed by atoms with van der Waals surface area (Å²) in [4.78, 5) is 10.5. The Morgan fingerprint density at radius 2 is 2.38 bits per heavy atom. The van der Waals surface area contributed by atoms with Gasteiger partial charge in [-0.1, -0.05) is 28.6 Å². The molecule has 0 amide bonds. The standard InChI is InChI=1S/C10H8N2O3S/c13-9(14)5-7-2-1-3-8(4-7)15-10-12-11-6-16-10/h1-4,6H,5H2,(H,13,14). The molecule has 0 aliphatic rings. The molecule has 0 fully saturated rings. The second-order valence-electron chi connectivity index (χ2n) is 3.02. The molecule has 0 bridgehead atoms. The van der Waals surface area contributed by atoms with Gasteiger partial charge in [0.15, 0.2) is 0 Å². The highest BCUT2D eigenvalue weighted by molar-refractivity contribution is 7.11. The number of aromatic nitrogens is 2. The summed E-state index contributed by atoms with van der Waals surface area (Å²) in [5, 5.41) is 16.5. The van der Waals surface area contributed by atoms with Crippen molar-refractivity contribution in [1.82, 2.24) is 10.2 Å². The Labute approximate surface area is 95.3 Å². The molecular formula is C10H8N2O3S. The lowest BCUT2D eigenvalue weighted by Gasteiger charge is -2.02. The number of benzene rings is 1. The maximum Gasteiger partial charge on any atom is 0.307 e. The lowest BCUT2D eigenvalue weighted by Crippen LogP contribution is -1.99. The third-order valence-corrected chi connectivity index (χ3v) is 2.37. The van der Waals surface area contributed by atoms with E-state index < -0.39 is 5.97 Å². The van der Waals surface area contributed by atoms with Crippen LogP contribution in [-0.4, -0.2) is 21.3 Å². The van der Waals surface area contributed by atoms with E-state index in [2.05, 4.69) is 10.2 Å². The van der Waals surface area contributed by atoms with Crippen molar-refractivity contribution < 1.29 is 14.6 Å². The number of rotatable bonds is 4. The molecule has 6 heteroatoms. The molecule has 2 aromatic rings. The summed E-state index contributed by atoms with van der Waals surface area (Å²) in [6.07, 6.45) is -0.0205. The van der Waals surface area contributed by atoms with E-state index in [1.54, 1.807) is 29.8 Å². The summed E-state index contributed by atoms with van der Waals surface area (Å²) < 4.78 is 5.39. The van der Waals surface area contributed by atoms with Crippen LogP contribution in [0.15, 0.2) is 29.8 Å². The number of aliphatic carboxylic acids is 1. The monoisotopic (exact) mass is 236 g/mol. The number of hydrogen-bond acceptors (Lipinski definition) is 5. The fraction of sp³-hybridized carbons (Fsp3) is 0.100. The fourth-order valence-electron chi connectivity index (χ4n) is 1.20. The first-order chi connectivity index (χ1) is 7.74. The van der Waals surface area contributed by atoms with E-state index in [1.807, 2.05) is 0 Å². The Hall–Kier alpha value is -1.95. The van der Waals surface area contributed by atoms with Gasteiger partial charge in [-0.25, -0.2) is 0 Å². The first-order valence-corrected chi connectivity index (χ1v) is 5.37. The normalized spacial score (nSPS) is 10.0. The molecule has 0 saturated heterocycles. The third-order valence-electron chi connectivity index (χ3n) is 1.80. The first-order valence-electron chi connectivity index (χ1n) is 4.49. The molecule has 1 N–H and O–H groups in total. The number of ether oxygens (including phenoxy) is 1. The Balaban J connectivity index is 2.13. The van der Waals surface area contributed by atoms with Gasteiger partial charge < -0.3 is 9.84 Å². The van der Waals surface area contributed by atoms with Gasteiger partial charge in [0.2, 0.25) is 0 Å². The van der Waals surface area contributed by atoms with Gasteiger partial charge >= 0.3 is 5.97 Å². The van der Waals surface area contributed by atoms with Gasteiger partial charge in [0.05, 0.1) is 6.42 Å². The third kappa shape index (κ3) is 2.77. The molecule has 1 aromatic heterocycles. The molecule has 0 spiro atoms. The summed E-state index contributed by atoms with van der Waals surface area (Å²) >= 11 is 1.28. The number of carboxylic acids is 1. The van der Waals surface area contributed by atoms with Crippen molar-refractivity contribution in [2.75, 3.05) is 0 Å². The molecule has 0 radical (unpaired) electrons. The van der Waals surface area contributed by atoms with Gasteiger partial charge in [0, 0.05) is 0 Å². The average Bonchev–Trinajstić information content (AvgIpc) is 2.70. The number of carboxylic acid groups (broad SMARTS) is 1. The van der Waals surface area contributed by atoms with Gasteiger partial charge in [-0.2, -0.15) is 0 Å². The Bertz CT molecular complexity index is 485. The largest absolute Gasteiger partial charge is 0.481 e. The highest BCUT2D eigenvalue weighted by Crippen LogP contribution is 2.23. The zero-order valence-corrected chi connectivity index (χ0v) is 8.98. The van der Waals surface area contributed by atoms with Crippen LogP contribution in [0.25, 0.3) is 0 Å². The molecule has 1 heterocycles. The molecular weight excluding hydrogens is 228 g/mol. The number of nitrogens with zero attached hydrogens (tertiary/aromatic N) is 2. The summed E-state index contributed by atoms with van der Waals surface area (Å²) in [5.41, 5.74) is 2.26. The van der Waals surface area contributed by atoms with Crippen molar-refractivity contribution in [1.29, 1.82) is 0 Å². The second-order valence-corrected chi connectivity index (χ2v) is 3.82. The molecule has 0 aliphatic carbocycles. The predicted octanol–water partition coefficient (Wildman–Crippen LogP) is 1.96. The molecule has 82 valence electrons. The van der Waals surface area contributed by atoms with Gasteiger partial charge in [-0.05, 0) is 17.7 Å². The van der Waals surface area contributed by atoms with Crippen LogP contribution in [-0.2, 0) is 11.2 Å². The molecule has 0 saturated carbocycles. The summed E-state index contributed by atoms with van der Waals surface area (Å²) in [6.45, 7) is 0. The molecule has 0 atom stereocenters. The van der Waals surface area contributed by atoms with Crippen LogP contribution >= 0.6 is 11.3 Å². The van der Waals surface area contributed by atoms with Crippen molar-refractivity contribution in [3.8, 4) is 10.9 Å². The predicted molar refractivity (Wildman–Crippen MR) is 57.8 cm³/mol. The van der Waals surface area contributed by atoms with Crippen molar-refractivity contribution in [2.45, 2.75) is 6.42 Å². The summed E-state index contributed by atoms with van der Waals surface area (Å²) in [6, 6.07) is 6.90. The number of hydrogen-bond donors (Lipinski definition) is 1. The molecule has 16 heavy (non-hydrogen) atoms. The van der Waals surface area contributed by atoms with Crippen LogP contribution in [0.3, 0.4) is 0 Å². The van der Waals surface area contributed by atoms with Crippen LogP contribution in [0.4, 0.5) is 0 Å². The smallest absolute Gasteiger partial charge is 0.307 e. The van der Waals surface area contributed by atoms with E-state index in [9.17, 15) is 4.79 Å². The topological polar surface area (TPSA) is 72.3 Å². The number of carbonyl (C=O) groups is 1. The summed E-state index contributed by atoms with van der Waals surface area (Å²) in [7, 11) is 0.